The topological polar surface area (TPSA) is 12.5 Å². The lowest BCUT2D eigenvalue weighted by atomic mass is 9.80. The fraction of sp³-hybridized carbons (Fsp3) is 0.300. The molecule has 2 bridgehead atoms. The second-order valence-electron chi connectivity index (χ2n) is 6.23. The highest BCUT2D eigenvalue weighted by Gasteiger charge is 2.38. The van der Waals surface area contributed by atoms with E-state index in [1.165, 1.54) is 23.2 Å². The molecule has 0 N–H and O–H groups in total. The Morgan fingerprint density at radius 1 is 0.909 bits per heavy atom. The van der Waals surface area contributed by atoms with E-state index in [0.29, 0.717) is 11.8 Å². The molecule has 22 heavy (non-hydrogen) atoms. The van der Waals surface area contributed by atoms with Crippen LogP contribution >= 0.6 is 0 Å². The summed E-state index contributed by atoms with van der Waals surface area (Å²) in [4.78, 5) is 2.56. The van der Waals surface area contributed by atoms with Gasteiger partial charge in [-0.05, 0) is 28.8 Å². The third-order valence-corrected chi connectivity index (χ3v) is 5.02. The van der Waals surface area contributed by atoms with Crippen molar-refractivity contribution in [3.05, 3.63) is 71.8 Å². The van der Waals surface area contributed by atoms with Crippen molar-refractivity contribution < 1.29 is 4.74 Å². The van der Waals surface area contributed by atoms with Crippen LogP contribution in [-0.2, 0) is 0 Å². The summed E-state index contributed by atoms with van der Waals surface area (Å²) < 4.78 is 5.29. The molecule has 2 aromatic rings. The maximum atomic E-state index is 5.29. The van der Waals surface area contributed by atoms with Gasteiger partial charge in [0, 0.05) is 31.5 Å². The van der Waals surface area contributed by atoms with E-state index in [1.807, 2.05) is 0 Å². The Hall–Kier alpha value is -2.06. The average molecular weight is 291 g/mol. The molecule has 0 saturated carbocycles. The zero-order valence-electron chi connectivity index (χ0n) is 12.9. The first-order valence-corrected chi connectivity index (χ1v) is 7.97. The highest BCUT2D eigenvalue weighted by molar-refractivity contribution is 5.70. The van der Waals surface area contributed by atoms with Crippen LogP contribution in [-0.4, -0.2) is 31.6 Å². The highest BCUT2D eigenvalue weighted by atomic mass is 16.5. The first kappa shape index (κ1) is 13.6. The monoisotopic (exact) mass is 291 g/mol. The Morgan fingerprint density at radius 2 is 1.64 bits per heavy atom. The van der Waals surface area contributed by atoms with Gasteiger partial charge in [-0.25, -0.2) is 0 Å². The molecule has 0 aromatic heterocycles. The van der Waals surface area contributed by atoms with E-state index in [0.717, 1.165) is 18.8 Å². The van der Waals surface area contributed by atoms with Gasteiger partial charge >= 0.3 is 0 Å². The standard InChI is InChI=1S/C20H21NO/c1-22-17-9-7-16(8-10-17)19-13-21-12-11-18(20(19)14-21)15-5-3-2-4-6-15/h2-11,19-20H,12-14H2,1H3/t19-,20+/m0/s1. The number of methoxy groups -OCH3 is 1. The number of ether oxygens (including phenoxy) is 1. The molecule has 0 aliphatic carbocycles. The average Bonchev–Trinajstić information content (AvgIpc) is 2.93. The SMILES string of the molecule is COc1ccc([C@@H]2CN3CC=C(c4ccccc4)[C@H]2C3)cc1. The van der Waals surface area contributed by atoms with E-state index in [-0.39, 0.29) is 0 Å². The minimum absolute atomic E-state index is 0.583. The molecule has 1 fully saturated rings. The molecule has 2 heterocycles. The first-order chi connectivity index (χ1) is 10.8. The van der Waals surface area contributed by atoms with Crippen LogP contribution in [0, 0.1) is 5.92 Å². The van der Waals surface area contributed by atoms with Gasteiger partial charge in [0.15, 0.2) is 0 Å². The summed E-state index contributed by atoms with van der Waals surface area (Å²) in [5.41, 5.74) is 4.33. The quantitative estimate of drug-likeness (QED) is 0.852. The van der Waals surface area contributed by atoms with Crippen LogP contribution in [0.25, 0.3) is 5.57 Å². The van der Waals surface area contributed by atoms with Gasteiger partial charge < -0.3 is 4.74 Å². The second-order valence-corrected chi connectivity index (χ2v) is 6.23. The third-order valence-electron chi connectivity index (χ3n) is 5.02. The lowest BCUT2D eigenvalue weighted by Gasteiger charge is -2.25. The molecule has 0 radical (unpaired) electrons. The van der Waals surface area contributed by atoms with Crippen molar-refractivity contribution in [1.29, 1.82) is 0 Å². The van der Waals surface area contributed by atoms with Crippen LogP contribution in [0.1, 0.15) is 17.0 Å². The predicted octanol–water partition coefficient (Wildman–Crippen LogP) is 3.81. The number of nitrogens with zero attached hydrogens (tertiary/aromatic N) is 1. The smallest absolute Gasteiger partial charge is 0.118 e. The fourth-order valence-electron chi connectivity index (χ4n) is 3.88. The number of rotatable bonds is 3. The van der Waals surface area contributed by atoms with Crippen LogP contribution < -0.4 is 4.74 Å². The summed E-state index contributed by atoms with van der Waals surface area (Å²) in [5.74, 6) is 2.12. The van der Waals surface area contributed by atoms with Crippen molar-refractivity contribution in [2.75, 3.05) is 26.7 Å². The summed E-state index contributed by atoms with van der Waals surface area (Å²) in [5, 5.41) is 0. The Labute approximate surface area is 132 Å². The number of benzene rings is 2. The van der Waals surface area contributed by atoms with Gasteiger partial charge in [-0.15, -0.1) is 0 Å². The zero-order chi connectivity index (χ0) is 14.9. The molecule has 112 valence electrons. The van der Waals surface area contributed by atoms with E-state index in [4.69, 9.17) is 4.74 Å². The molecule has 2 heteroatoms. The summed E-state index contributed by atoms with van der Waals surface area (Å²) in [6, 6.07) is 19.5. The minimum Gasteiger partial charge on any atom is -0.497 e. The molecule has 2 aromatic carbocycles. The van der Waals surface area contributed by atoms with Crippen LogP contribution in [0.5, 0.6) is 5.75 Å². The highest BCUT2D eigenvalue weighted by Crippen LogP contribution is 2.43. The fourth-order valence-corrected chi connectivity index (χ4v) is 3.88. The van der Waals surface area contributed by atoms with E-state index in [9.17, 15) is 0 Å². The lowest BCUT2D eigenvalue weighted by Crippen LogP contribution is -2.24. The van der Waals surface area contributed by atoms with Gasteiger partial charge in [0.25, 0.3) is 0 Å². The van der Waals surface area contributed by atoms with Crippen LogP contribution in [0.4, 0.5) is 0 Å². The largest absolute Gasteiger partial charge is 0.497 e. The number of fused-ring (bicyclic) bond motifs is 2. The molecule has 1 unspecified atom stereocenters. The van der Waals surface area contributed by atoms with Gasteiger partial charge in [-0.2, -0.15) is 0 Å². The zero-order valence-corrected chi connectivity index (χ0v) is 12.9. The second kappa shape index (κ2) is 5.62. The molecule has 1 saturated heterocycles. The summed E-state index contributed by atoms with van der Waals surface area (Å²) in [7, 11) is 1.72. The maximum absolute atomic E-state index is 5.29. The molecule has 0 amide bonds. The molecule has 4 rings (SSSR count). The van der Waals surface area contributed by atoms with Crippen molar-refractivity contribution >= 4 is 5.57 Å². The van der Waals surface area contributed by atoms with Crippen molar-refractivity contribution in [3.8, 4) is 5.75 Å². The molecule has 2 nitrogen and oxygen atoms in total. The van der Waals surface area contributed by atoms with Crippen LogP contribution in [0.3, 0.4) is 0 Å². The van der Waals surface area contributed by atoms with Gasteiger partial charge in [0.1, 0.15) is 5.75 Å². The van der Waals surface area contributed by atoms with Crippen molar-refractivity contribution in [2.24, 2.45) is 5.92 Å². The Balaban J connectivity index is 1.66. The van der Waals surface area contributed by atoms with E-state index >= 15 is 0 Å². The third kappa shape index (κ3) is 2.34. The van der Waals surface area contributed by atoms with Crippen molar-refractivity contribution in [1.82, 2.24) is 4.90 Å². The lowest BCUT2D eigenvalue weighted by molar-refractivity contribution is 0.360. The number of hydrogen-bond acceptors (Lipinski definition) is 2. The van der Waals surface area contributed by atoms with E-state index in [2.05, 4.69) is 65.6 Å². The van der Waals surface area contributed by atoms with Gasteiger partial charge in [-0.1, -0.05) is 48.5 Å². The molecular weight excluding hydrogens is 270 g/mol. The molecule has 2 aliphatic heterocycles. The Morgan fingerprint density at radius 3 is 2.36 bits per heavy atom. The summed E-state index contributed by atoms with van der Waals surface area (Å²) in [6.45, 7) is 3.41. The summed E-state index contributed by atoms with van der Waals surface area (Å²) >= 11 is 0. The van der Waals surface area contributed by atoms with E-state index in [1.54, 1.807) is 7.11 Å². The van der Waals surface area contributed by atoms with Crippen LogP contribution in [0.15, 0.2) is 60.7 Å². The van der Waals surface area contributed by atoms with Gasteiger partial charge in [0.05, 0.1) is 7.11 Å². The number of hydrogen-bond donors (Lipinski definition) is 0. The molecular formula is C20H21NO. The van der Waals surface area contributed by atoms with Gasteiger partial charge in [-0.3, -0.25) is 4.90 Å². The van der Waals surface area contributed by atoms with E-state index < -0.39 is 0 Å². The first-order valence-electron chi connectivity index (χ1n) is 7.97. The van der Waals surface area contributed by atoms with Crippen molar-refractivity contribution in [3.63, 3.8) is 0 Å². The predicted molar refractivity (Wildman–Crippen MR) is 90.1 cm³/mol. The normalized spacial score (nSPS) is 26.6. The molecule has 3 atom stereocenters. The minimum atomic E-state index is 0.583. The van der Waals surface area contributed by atoms with Gasteiger partial charge in [0.2, 0.25) is 0 Å². The maximum Gasteiger partial charge on any atom is 0.118 e. The Kier molecular flexibility index (Phi) is 3.47. The summed E-state index contributed by atoms with van der Waals surface area (Å²) in [6.07, 6.45) is 2.42. The van der Waals surface area contributed by atoms with Crippen LogP contribution in [0.2, 0.25) is 0 Å². The Bertz CT molecular complexity index is 675. The van der Waals surface area contributed by atoms with Crippen molar-refractivity contribution in [2.45, 2.75) is 5.92 Å². The molecule has 0 spiro atoms. The molecule has 2 aliphatic rings.